The molecule has 6 heteroatoms. The lowest BCUT2D eigenvalue weighted by Gasteiger charge is -2.15. The van der Waals surface area contributed by atoms with E-state index in [-0.39, 0.29) is 12.6 Å². The quantitative estimate of drug-likeness (QED) is 0.791. The van der Waals surface area contributed by atoms with Gasteiger partial charge in [-0.05, 0) is 12.5 Å². The molecule has 1 aliphatic heterocycles. The summed E-state index contributed by atoms with van der Waals surface area (Å²) >= 11 is 0. The largest absolute Gasteiger partial charge is 0.481 e. The van der Waals surface area contributed by atoms with Crippen LogP contribution in [-0.2, 0) is 4.79 Å². The lowest BCUT2D eigenvalue weighted by Crippen LogP contribution is -2.33. The third-order valence-corrected chi connectivity index (χ3v) is 2.58. The molecule has 16 heavy (non-hydrogen) atoms. The van der Waals surface area contributed by atoms with E-state index in [0.717, 1.165) is 0 Å². The molecule has 0 aliphatic carbocycles. The summed E-state index contributed by atoms with van der Waals surface area (Å²) in [5, 5.41) is 11.3. The molecule has 0 spiro atoms. The fourth-order valence-corrected chi connectivity index (χ4v) is 1.68. The minimum atomic E-state index is -0.853. The van der Waals surface area contributed by atoms with Gasteiger partial charge in [0.15, 0.2) is 0 Å². The molecule has 1 fully saturated rings. The first-order chi connectivity index (χ1) is 7.66. The molecule has 1 aromatic rings. The highest BCUT2D eigenvalue weighted by Crippen LogP contribution is 2.17. The van der Waals surface area contributed by atoms with Gasteiger partial charge in [0.1, 0.15) is 0 Å². The highest BCUT2D eigenvalue weighted by atomic mass is 16.4. The number of hydrogen-bond acceptors (Lipinski definition) is 3. The molecule has 2 heterocycles. The van der Waals surface area contributed by atoms with Crippen molar-refractivity contribution in [3.8, 4) is 0 Å². The molecule has 0 radical (unpaired) electrons. The Morgan fingerprint density at radius 1 is 1.56 bits per heavy atom. The fraction of sp³-hybridized carbons (Fsp3) is 0.400. The zero-order chi connectivity index (χ0) is 11.5. The highest BCUT2D eigenvalue weighted by molar-refractivity contribution is 5.88. The number of carboxylic acids is 1. The number of carboxylic acid groups (broad SMARTS) is 1. The van der Waals surface area contributed by atoms with Crippen molar-refractivity contribution in [1.82, 2.24) is 4.90 Å². The summed E-state index contributed by atoms with van der Waals surface area (Å²) in [4.78, 5) is 23.8. The molecule has 0 aromatic carbocycles. The lowest BCUT2D eigenvalue weighted by atomic mass is 10.1. The van der Waals surface area contributed by atoms with Gasteiger partial charge in [0, 0.05) is 19.2 Å². The fourth-order valence-electron chi connectivity index (χ4n) is 1.68. The Balaban J connectivity index is 1.90. The van der Waals surface area contributed by atoms with Crippen LogP contribution >= 0.6 is 0 Å². The summed E-state index contributed by atoms with van der Waals surface area (Å²) in [7, 11) is 0. The van der Waals surface area contributed by atoms with Crippen LogP contribution in [-0.4, -0.2) is 35.1 Å². The molecular formula is C10H12N2O4. The first-order valence-corrected chi connectivity index (χ1v) is 4.99. The Bertz CT molecular complexity index is 388. The maximum atomic E-state index is 11.6. The molecule has 1 aromatic heterocycles. The predicted molar refractivity (Wildman–Crippen MR) is 55.0 cm³/mol. The highest BCUT2D eigenvalue weighted by Gasteiger charge is 2.30. The smallest absolute Gasteiger partial charge is 0.324 e. The second-order valence-corrected chi connectivity index (χ2v) is 3.68. The van der Waals surface area contributed by atoms with Crippen LogP contribution in [0.1, 0.15) is 6.42 Å². The van der Waals surface area contributed by atoms with E-state index in [4.69, 9.17) is 9.52 Å². The predicted octanol–water partition coefficient (Wildman–Crippen LogP) is 1.22. The third kappa shape index (κ3) is 2.16. The Morgan fingerprint density at radius 3 is 2.94 bits per heavy atom. The van der Waals surface area contributed by atoms with E-state index in [0.29, 0.717) is 18.8 Å². The zero-order valence-electron chi connectivity index (χ0n) is 8.55. The van der Waals surface area contributed by atoms with Gasteiger partial charge in [0.05, 0.1) is 12.2 Å². The van der Waals surface area contributed by atoms with Gasteiger partial charge in [-0.2, -0.15) is 0 Å². The van der Waals surface area contributed by atoms with Gasteiger partial charge < -0.3 is 14.4 Å². The van der Waals surface area contributed by atoms with Gasteiger partial charge in [-0.25, -0.2) is 4.79 Å². The number of aliphatic carboxylic acids is 1. The summed E-state index contributed by atoms with van der Waals surface area (Å²) in [6, 6.07) is 2.97. The van der Waals surface area contributed by atoms with Crippen LogP contribution in [0.5, 0.6) is 0 Å². The topological polar surface area (TPSA) is 82.8 Å². The maximum absolute atomic E-state index is 11.6. The summed E-state index contributed by atoms with van der Waals surface area (Å²) in [6.07, 6.45) is 1.96. The van der Waals surface area contributed by atoms with Crippen molar-refractivity contribution in [2.24, 2.45) is 5.92 Å². The Labute approximate surface area is 91.8 Å². The molecule has 6 nitrogen and oxygen atoms in total. The molecule has 1 saturated heterocycles. The second-order valence-electron chi connectivity index (χ2n) is 3.68. The van der Waals surface area contributed by atoms with Gasteiger partial charge in [-0.3, -0.25) is 10.1 Å². The van der Waals surface area contributed by atoms with Crippen LogP contribution in [0.3, 0.4) is 0 Å². The number of hydrogen-bond donors (Lipinski definition) is 2. The average Bonchev–Trinajstić information content (AvgIpc) is 2.86. The van der Waals surface area contributed by atoms with Crippen molar-refractivity contribution in [2.75, 3.05) is 18.4 Å². The van der Waals surface area contributed by atoms with Gasteiger partial charge >= 0.3 is 12.0 Å². The summed E-state index contributed by atoms with van der Waals surface area (Å²) in [6.45, 7) is 0.714. The molecule has 1 atom stereocenters. The van der Waals surface area contributed by atoms with Gasteiger partial charge in [-0.1, -0.05) is 0 Å². The molecule has 2 amide bonds. The van der Waals surface area contributed by atoms with Crippen molar-refractivity contribution in [1.29, 1.82) is 0 Å². The number of likely N-dealkylation sites (tertiary alicyclic amines) is 1. The third-order valence-electron chi connectivity index (χ3n) is 2.58. The van der Waals surface area contributed by atoms with Crippen molar-refractivity contribution >= 4 is 17.9 Å². The van der Waals surface area contributed by atoms with Crippen molar-refractivity contribution in [3.05, 3.63) is 18.4 Å². The number of anilines is 1. The molecule has 2 N–H and O–H groups in total. The van der Waals surface area contributed by atoms with E-state index < -0.39 is 11.9 Å². The van der Waals surface area contributed by atoms with Crippen molar-refractivity contribution < 1.29 is 19.1 Å². The summed E-state index contributed by atoms with van der Waals surface area (Å²) in [5.41, 5.74) is 0. The van der Waals surface area contributed by atoms with Gasteiger partial charge in [0.25, 0.3) is 0 Å². The zero-order valence-corrected chi connectivity index (χ0v) is 8.55. The molecule has 1 unspecified atom stereocenters. The number of nitrogens with zero attached hydrogens (tertiary/aromatic N) is 1. The minimum absolute atomic E-state index is 0.252. The summed E-state index contributed by atoms with van der Waals surface area (Å²) in [5.74, 6) is -0.945. The van der Waals surface area contributed by atoms with Crippen LogP contribution in [0, 0.1) is 5.92 Å². The van der Waals surface area contributed by atoms with E-state index >= 15 is 0 Å². The monoisotopic (exact) mass is 224 g/mol. The van der Waals surface area contributed by atoms with E-state index in [2.05, 4.69) is 5.32 Å². The number of carbonyl (C=O) groups excluding carboxylic acids is 1. The molecule has 86 valence electrons. The number of carbonyl (C=O) groups is 2. The van der Waals surface area contributed by atoms with Crippen LogP contribution in [0.4, 0.5) is 10.7 Å². The molecule has 0 bridgehead atoms. The minimum Gasteiger partial charge on any atom is -0.481 e. The van der Waals surface area contributed by atoms with Crippen molar-refractivity contribution in [3.63, 3.8) is 0 Å². The SMILES string of the molecule is O=C(O)C1CCN(C(=O)Nc2ccco2)C1. The van der Waals surface area contributed by atoms with Crippen LogP contribution in [0.2, 0.25) is 0 Å². The molecular weight excluding hydrogens is 212 g/mol. The number of urea groups is 1. The Kier molecular flexibility index (Phi) is 2.80. The van der Waals surface area contributed by atoms with E-state index in [1.807, 2.05) is 0 Å². The number of rotatable bonds is 2. The standard InChI is InChI=1S/C10H12N2O4/c13-9(14)7-3-4-12(6-7)10(15)11-8-2-1-5-16-8/h1-2,5,7H,3-4,6H2,(H,11,15)(H,13,14). The molecule has 2 rings (SSSR count). The number of nitrogens with one attached hydrogen (secondary N) is 1. The Morgan fingerprint density at radius 2 is 2.38 bits per heavy atom. The van der Waals surface area contributed by atoms with Gasteiger partial charge in [0.2, 0.25) is 5.88 Å². The van der Waals surface area contributed by atoms with Crippen LogP contribution in [0.25, 0.3) is 0 Å². The first-order valence-electron chi connectivity index (χ1n) is 4.99. The Hall–Kier alpha value is -1.98. The molecule has 1 aliphatic rings. The van der Waals surface area contributed by atoms with E-state index in [1.54, 1.807) is 12.1 Å². The van der Waals surface area contributed by atoms with E-state index in [9.17, 15) is 9.59 Å². The second kappa shape index (κ2) is 4.26. The van der Waals surface area contributed by atoms with E-state index in [1.165, 1.54) is 11.2 Å². The van der Waals surface area contributed by atoms with Crippen LogP contribution < -0.4 is 5.32 Å². The van der Waals surface area contributed by atoms with Crippen molar-refractivity contribution in [2.45, 2.75) is 6.42 Å². The lowest BCUT2D eigenvalue weighted by molar-refractivity contribution is -0.141. The number of amides is 2. The molecule has 0 saturated carbocycles. The average molecular weight is 224 g/mol. The maximum Gasteiger partial charge on any atom is 0.324 e. The normalized spacial score (nSPS) is 19.8. The van der Waals surface area contributed by atoms with Gasteiger partial charge in [-0.15, -0.1) is 0 Å². The summed E-state index contributed by atoms with van der Waals surface area (Å²) < 4.78 is 4.96. The first kappa shape index (κ1) is 10.5. The van der Waals surface area contributed by atoms with Crippen LogP contribution in [0.15, 0.2) is 22.8 Å². The number of furan rings is 1.